The molecule has 0 saturated carbocycles. The van der Waals surface area contributed by atoms with Gasteiger partial charge in [-0.15, -0.1) is 10.2 Å². The van der Waals surface area contributed by atoms with Crippen LogP contribution in [0.5, 0.6) is 11.6 Å². The summed E-state index contributed by atoms with van der Waals surface area (Å²) in [5.74, 6) is 0.915. The van der Waals surface area contributed by atoms with Gasteiger partial charge in [-0.05, 0) is 31.2 Å². The average molecular weight is 339 g/mol. The molecular weight excluding hydrogens is 325 g/mol. The van der Waals surface area contributed by atoms with Gasteiger partial charge in [0.05, 0.1) is 25.5 Å². The van der Waals surface area contributed by atoms with Crippen molar-refractivity contribution in [1.82, 2.24) is 24.6 Å². The average Bonchev–Trinajstić information content (AvgIpc) is 2.98. The third-order valence-electron chi connectivity index (χ3n) is 3.94. The molecule has 7 nitrogen and oxygen atoms in total. The summed E-state index contributed by atoms with van der Waals surface area (Å²) in [4.78, 5) is 8.92. The van der Waals surface area contributed by atoms with Gasteiger partial charge in [0.1, 0.15) is 17.1 Å². The molecule has 0 radical (unpaired) electrons. The molecule has 0 aliphatic heterocycles. The fourth-order valence-corrected chi connectivity index (χ4v) is 2.70. The van der Waals surface area contributed by atoms with Crippen LogP contribution < -0.4 is 9.47 Å². The van der Waals surface area contributed by atoms with E-state index in [0.717, 1.165) is 0 Å². The lowest BCUT2D eigenvalue weighted by atomic mass is 10.2. The van der Waals surface area contributed by atoms with Crippen molar-refractivity contribution in [2.45, 2.75) is 6.92 Å². The highest BCUT2D eigenvalue weighted by atomic mass is 19.1. The Labute approximate surface area is 142 Å². The Morgan fingerprint density at radius 2 is 1.80 bits per heavy atom. The van der Waals surface area contributed by atoms with Crippen LogP contribution in [0.4, 0.5) is 4.39 Å². The zero-order chi connectivity index (χ0) is 17.6. The summed E-state index contributed by atoms with van der Waals surface area (Å²) in [6, 6.07) is 7.93. The first kappa shape index (κ1) is 15.3. The second kappa shape index (κ2) is 5.66. The molecule has 0 atom stereocenters. The standard InChI is InChI=1S/C17H14FN5O2/c1-9-15-22-21-13-6-7-14(25-3)20-17(13)23(15)16(19-9)11-8-10(24-2)4-5-12(11)18/h4-8H,1-3H3. The molecule has 4 aromatic rings. The van der Waals surface area contributed by atoms with E-state index < -0.39 is 5.82 Å². The molecule has 0 spiro atoms. The number of benzene rings is 1. The number of fused-ring (bicyclic) bond motifs is 3. The maximum absolute atomic E-state index is 14.5. The quantitative estimate of drug-likeness (QED) is 0.571. The van der Waals surface area contributed by atoms with Crippen molar-refractivity contribution >= 4 is 16.8 Å². The molecule has 1 aromatic carbocycles. The van der Waals surface area contributed by atoms with Crippen LogP contribution in [0.1, 0.15) is 5.69 Å². The molecule has 4 rings (SSSR count). The molecule has 0 unspecified atom stereocenters. The zero-order valence-corrected chi connectivity index (χ0v) is 13.8. The highest BCUT2D eigenvalue weighted by molar-refractivity contribution is 5.78. The van der Waals surface area contributed by atoms with Crippen molar-refractivity contribution < 1.29 is 13.9 Å². The molecule has 25 heavy (non-hydrogen) atoms. The van der Waals surface area contributed by atoms with E-state index in [1.165, 1.54) is 20.3 Å². The van der Waals surface area contributed by atoms with Crippen LogP contribution >= 0.6 is 0 Å². The van der Waals surface area contributed by atoms with Gasteiger partial charge < -0.3 is 9.47 Å². The molecule has 126 valence electrons. The summed E-state index contributed by atoms with van der Waals surface area (Å²) >= 11 is 0. The predicted molar refractivity (Wildman–Crippen MR) is 89.3 cm³/mol. The molecule has 0 bridgehead atoms. The molecule has 8 heteroatoms. The Hall–Kier alpha value is -3.29. The number of rotatable bonds is 3. The lowest BCUT2D eigenvalue weighted by Gasteiger charge is -2.08. The van der Waals surface area contributed by atoms with Gasteiger partial charge in [-0.2, -0.15) is 4.98 Å². The third kappa shape index (κ3) is 2.34. The summed E-state index contributed by atoms with van der Waals surface area (Å²) in [6.45, 7) is 1.79. The van der Waals surface area contributed by atoms with Crippen molar-refractivity contribution in [1.29, 1.82) is 0 Å². The number of aromatic nitrogens is 5. The van der Waals surface area contributed by atoms with Crippen LogP contribution in [-0.2, 0) is 0 Å². The first-order valence-electron chi connectivity index (χ1n) is 7.52. The Bertz CT molecular complexity index is 1110. The van der Waals surface area contributed by atoms with Crippen LogP contribution in [0, 0.1) is 12.7 Å². The minimum atomic E-state index is -0.416. The van der Waals surface area contributed by atoms with Gasteiger partial charge in [-0.3, -0.25) is 4.40 Å². The summed E-state index contributed by atoms with van der Waals surface area (Å²) in [5.41, 5.74) is 2.46. The van der Waals surface area contributed by atoms with Crippen molar-refractivity contribution in [2.75, 3.05) is 14.2 Å². The van der Waals surface area contributed by atoms with Gasteiger partial charge >= 0.3 is 0 Å². The highest BCUT2D eigenvalue weighted by Crippen LogP contribution is 2.29. The van der Waals surface area contributed by atoms with Crippen molar-refractivity contribution in [2.24, 2.45) is 0 Å². The van der Waals surface area contributed by atoms with Crippen molar-refractivity contribution in [3.05, 3.63) is 41.8 Å². The van der Waals surface area contributed by atoms with Crippen molar-refractivity contribution in [3.63, 3.8) is 0 Å². The molecular formula is C17H14FN5O2. The number of imidazole rings is 1. The van der Waals surface area contributed by atoms with E-state index in [9.17, 15) is 4.39 Å². The summed E-state index contributed by atoms with van der Waals surface area (Å²) in [5, 5.41) is 8.36. The van der Waals surface area contributed by atoms with Crippen LogP contribution in [0.3, 0.4) is 0 Å². The molecule has 3 aromatic heterocycles. The predicted octanol–water partition coefficient (Wildman–Crippen LogP) is 2.80. The number of nitrogens with zero attached hydrogens (tertiary/aromatic N) is 5. The molecule has 0 N–H and O–H groups in total. The smallest absolute Gasteiger partial charge is 0.215 e. The summed E-state index contributed by atoms with van der Waals surface area (Å²) < 4.78 is 26.6. The number of hydrogen-bond acceptors (Lipinski definition) is 6. The monoisotopic (exact) mass is 339 g/mol. The number of ether oxygens (including phenoxy) is 2. The van der Waals surface area contributed by atoms with Gasteiger partial charge in [0.25, 0.3) is 0 Å². The fourth-order valence-electron chi connectivity index (χ4n) is 2.70. The largest absolute Gasteiger partial charge is 0.497 e. The van der Waals surface area contributed by atoms with E-state index in [1.54, 1.807) is 35.6 Å². The zero-order valence-electron chi connectivity index (χ0n) is 13.8. The second-order valence-corrected chi connectivity index (χ2v) is 5.42. The highest BCUT2D eigenvalue weighted by Gasteiger charge is 2.19. The SMILES string of the molecule is COc1ccc(F)c(-c2nc(C)c3nnc4ccc(OC)nc4n23)c1. The Morgan fingerprint density at radius 1 is 0.960 bits per heavy atom. The number of pyridine rings is 1. The molecule has 0 aliphatic carbocycles. The lowest BCUT2D eigenvalue weighted by molar-refractivity contribution is 0.399. The van der Waals surface area contributed by atoms with E-state index in [4.69, 9.17) is 9.47 Å². The Morgan fingerprint density at radius 3 is 2.56 bits per heavy atom. The molecule has 0 amide bonds. The van der Waals surface area contributed by atoms with E-state index in [2.05, 4.69) is 20.2 Å². The van der Waals surface area contributed by atoms with Crippen molar-refractivity contribution in [3.8, 4) is 23.0 Å². The summed E-state index contributed by atoms with van der Waals surface area (Å²) in [7, 11) is 3.06. The van der Waals surface area contributed by atoms with Crippen LogP contribution in [-0.4, -0.2) is 38.8 Å². The Balaban J connectivity index is 2.12. The van der Waals surface area contributed by atoms with Gasteiger partial charge in [0.2, 0.25) is 5.88 Å². The number of methoxy groups -OCH3 is 2. The third-order valence-corrected chi connectivity index (χ3v) is 3.94. The Kier molecular flexibility index (Phi) is 3.45. The van der Waals surface area contributed by atoms with E-state index >= 15 is 0 Å². The summed E-state index contributed by atoms with van der Waals surface area (Å²) in [6.07, 6.45) is 0. The van der Waals surface area contributed by atoms with Crippen LogP contribution in [0.15, 0.2) is 30.3 Å². The van der Waals surface area contributed by atoms with E-state index in [-0.39, 0.29) is 0 Å². The van der Waals surface area contributed by atoms with E-state index in [0.29, 0.717) is 45.5 Å². The molecule has 3 heterocycles. The first-order chi connectivity index (χ1) is 12.1. The normalized spacial score (nSPS) is 11.2. The number of aryl methyl sites for hydroxylation is 1. The second-order valence-electron chi connectivity index (χ2n) is 5.42. The minimum absolute atomic E-state index is 0.293. The topological polar surface area (TPSA) is 74.4 Å². The molecule has 0 saturated heterocycles. The first-order valence-corrected chi connectivity index (χ1v) is 7.52. The van der Waals surface area contributed by atoms with Gasteiger partial charge in [0, 0.05) is 6.07 Å². The van der Waals surface area contributed by atoms with Gasteiger partial charge in [0.15, 0.2) is 17.1 Å². The lowest BCUT2D eigenvalue weighted by Crippen LogP contribution is -2.01. The molecule has 0 fully saturated rings. The fraction of sp³-hybridized carbons (Fsp3) is 0.176. The van der Waals surface area contributed by atoms with Gasteiger partial charge in [-0.25, -0.2) is 9.37 Å². The van der Waals surface area contributed by atoms with Crippen LogP contribution in [0.2, 0.25) is 0 Å². The van der Waals surface area contributed by atoms with Gasteiger partial charge in [-0.1, -0.05) is 0 Å². The van der Waals surface area contributed by atoms with E-state index in [1.807, 2.05) is 0 Å². The molecule has 0 aliphatic rings. The number of halogens is 1. The maximum atomic E-state index is 14.5. The maximum Gasteiger partial charge on any atom is 0.215 e. The minimum Gasteiger partial charge on any atom is -0.497 e. The number of hydrogen-bond donors (Lipinski definition) is 0. The van der Waals surface area contributed by atoms with Crippen LogP contribution in [0.25, 0.3) is 28.2 Å².